The monoisotopic (exact) mass is 556 g/mol. The van der Waals surface area contributed by atoms with Crippen LogP contribution in [0.5, 0.6) is 11.5 Å². The van der Waals surface area contributed by atoms with E-state index in [-0.39, 0.29) is 22.3 Å². The minimum Gasteiger partial charge on any atom is -0.490 e. The Morgan fingerprint density at radius 2 is 1.60 bits per heavy atom. The lowest BCUT2D eigenvalue weighted by atomic mass is 9.90. The molecular formula is C32H32N2O5S. The third-order valence-electron chi connectivity index (χ3n) is 6.37. The molecule has 0 aliphatic rings. The van der Waals surface area contributed by atoms with E-state index in [1.54, 1.807) is 31.2 Å². The highest BCUT2D eigenvalue weighted by Crippen LogP contribution is 2.31. The second-order valence-corrected chi connectivity index (χ2v) is 10.9. The van der Waals surface area contributed by atoms with Crippen molar-refractivity contribution in [1.29, 1.82) is 0 Å². The average molecular weight is 557 g/mol. The maximum Gasteiger partial charge on any atom is 0.339 e. The molecule has 0 heterocycles. The SMILES string of the molecule is CCOc1cc(/C=N\NC(=O)[C@H](Cc2ccccc2C)c2ccccc2)ccc1OS(=O)(=O)c1ccc(C)cc1. The molecule has 0 aliphatic heterocycles. The molecule has 0 aliphatic carbocycles. The number of ether oxygens (including phenoxy) is 1. The zero-order valence-electron chi connectivity index (χ0n) is 22.7. The molecule has 0 bridgehead atoms. The number of carbonyl (C=O) groups excluding carboxylic acids is 1. The normalized spacial score (nSPS) is 12.2. The molecule has 40 heavy (non-hydrogen) atoms. The minimum absolute atomic E-state index is 0.0487. The summed E-state index contributed by atoms with van der Waals surface area (Å²) in [6.07, 6.45) is 2.02. The maximum atomic E-state index is 13.2. The van der Waals surface area contributed by atoms with Gasteiger partial charge >= 0.3 is 10.1 Å². The highest BCUT2D eigenvalue weighted by Gasteiger charge is 2.22. The summed E-state index contributed by atoms with van der Waals surface area (Å²) in [6.45, 7) is 6.00. The standard InChI is InChI=1S/C32H32N2O5S/c1-4-38-31-20-25(16-19-30(31)39-40(36,37)28-17-14-23(2)15-18-28)22-33-34-32(35)29(26-11-6-5-7-12-26)21-27-13-9-8-10-24(27)3/h5-20,22,29H,4,21H2,1-3H3,(H,34,35)/b33-22-/t29-/m1/s1. The van der Waals surface area contributed by atoms with Gasteiger partial charge in [-0.3, -0.25) is 4.79 Å². The Morgan fingerprint density at radius 1 is 0.900 bits per heavy atom. The zero-order valence-corrected chi connectivity index (χ0v) is 23.5. The van der Waals surface area contributed by atoms with Crippen LogP contribution in [0.2, 0.25) is 0 Å². The van der Waals surface area contributed by atoms with Crippen LogP contribution >= 0.6 is 0 Å². The molecule has 206 valence electrons. The number of nitrogens with zero attached hydrogens (tertiary/aromatic N) is 1. The lowest BCUT2D eigenvalue weighted by Gasteiger charge is -2.17. The lowest BCUT2D eigenvalue weighted by molar-refractivity contribution is -0.122. The van der Waals surface area contributed by atoms with Crippen molar-refractivity contribution < 1.29 is 22.1 Å². The molecule has 1 amide bonds. The number of hydrogen-bond donors (Lipinski definition) is 1. The third kappa shape index (κ3) is 7.36. The van der Waals surface area contributed by atoms with Gasteiger partial charge in [-0.05, 0) is 79.8 Å². The van der Waals surface area contributed by atoms with Crippen LogP contribution in [0.3, 0.4) is 0 Å². The zero-order chi connectivity index (χ0) is 28.5. The molecule has 8 heteroatoms. The molecular weight excluding hydrogens is 524 g/mol. The van der Waals surface area contributed by atoms with Gasteiger partial charge in [0.2, 0.25) is 5.91 Å². The number of hydrazone groups is 1. The fraction of sp³-hybridized carbons (Fsp3) is 0.188. The maximum absolute atomic E-state index is 13.2. The Hall–Kier alpha value is -4.43. The molecule has 1 N–H and O–H groups in total. The van der Waals surface area contributed by atoms with Crippen molar-refractivity contribution in [1.82, 2.24) is 5.43 Å². The van der Waals surface area contributed by atoms with E-state index in [9.17, 15) is 13.2 Å². The summed E-state index contributed by atoms with van der Waals surface area (Å²) < 4.78 is 36.6. The van der Waals surface area contributed by atoms with E-state index in [1.807, 2.05) is 68.4 Å². The first-order valence-corrected chi connectivity index (χ1v) is 14.4. The first kappa shape index (κ1) is 28.6. The summed E-state index contributed by atoms with van der Waals surface area (Å²) in [6, 6.07) is 28.8. The largest absolute Gasteiger partial charge is 0.490 e. The molecule has 7 nitrogen and oxygen atoms in total. The smallest absolute Gasteiger partial charge is 0.339 e. The minimum atomic E-state index is -4.05. The quantitative estimate of drug-likeness (QED) is 0.140. The van der Waals surface area contributed by atoms with Gasteiger partial charge in [0.1, 0.15) is 4.90 Å². The summed E-state index contributed by atoms with van der Waals surface area (Å²) in [5.74, 6) is -0.359. The van der Waals surface area contributed by atoms with Gasteiger partial charge in [-0.15, -0.1) is 0 Å². The van der Waals surface area contributed by atoms with Crippen LogP contribution in [0.15, 0.2) is 107 Å². The van der Waals surface area contributed by atoms with E-state index >= 15 is 0 Å². The molecule has 0 unspecified atom stereocenters. The predicted molar refractivity (Wildman–Crippen MR) is 156 cm³/mol. The summed E-state index contributed by atoms with van der Waals surface area (Å²) in [5.41, 5.74) is 7.31. The van der Waals surface area contributed by atoms with Crippen LogP contribution in [0.4, 0.5) is 0 Å². The van der Waals surface area contributed by atoms with Crippen LogP contribution in [0.25, 0.3) is 0 Å². The number of amides is 1. The van der Waals surface area contributed by atoms with Crippen LogP contribution < -0.4 is 14.3 Å². The molecule has 0 saturated carbocycles. The summed E-state index contributed by atoms with van der Waals surface area (Å²) in [5, 5.41) is 4.17. The molecule has 4 aromatic rings. The van der Waals surface area contributed by atoms with Crippen molar-refractivity contribution in [3.05, 3.63) is 125 Å². The molecule has 0 spiro atoms. The van der Waals surface area contributed by atoms with Gasteiger partial charge in [-0.2, -0.15) is 13.5 Å². The molecule has 1 atom stereocenters. The highest BCUT2D eigenvalue weighted by molar-refractivity contribution is 7.87. The van der Waals surface area contributed by atoms with Crippen molar-refractivity contribution in [3.63, 3.8) is 0 Å². The van der Waals surface area contributed by atoms with Crippen molar-refractivity contribution in [2.24, 2.45) is 5.10 Å². The van der Waals surface area contributed by atoms with Crippen molar-refractivity contribution >= 4 is 22.2 Å². The molecule has 0 saturated heterocycles. The Morgan fingerprint density at radius 3 is 2.30 bits per heavy atom. The van der Waals surface area contributed by atoms with Crippen LogP contribution in [0, 0.1) is 13.8 Å². The average Bonchev–Trinajstić information content (AvgIpc) is 2.94. The van der Waals surface area contributed by atoms with Gasteiger partial charge < -0.3 is 8.92 Å². The summed E-state index contributed by atoms with van der Waals surface area (Å²) in [7, 11) is -4.05. The molecule has 0 aromatic heterocycles. The summed E-state index contributed by atoms with van der Waals surface area (Å²) in [4.78, 5) is 13.3. The van der Waals surface area contributed by atoms with Crippen molar-refractivity contribution in [3.8, 4) is 11.5 Å². The third-order valence-corrected chi connectivity index (χ3v) is 7.62. The van der Waals surface area contributed by atoms with E-state index in [1.165, 1.54) is 24.4 Å². The van der Waals surface area contributed by atoms with E-state index in [0.717, 1.165) is 22.3 Å². The molecule has 4 rings (SSSR count). The Kier molecular flexibility index (Phi) is 9.35. The Labute approximate surface area is 235 Å². The van der Waals surface area contributed by atoms with Crippen LogP contribution in [-0.2, 0) is 21.3 Å². The number of aryl methyl sites for hydroxylation is 2. The first-order valence-electron chi connectivity index (χ1n) is 13.0. The van der Waals surface area contributed by atoms with Crippen LogP contribution in [0.1, 0.15) is 40.7 Å². The fourth-order valence-corrected chi connectivity index (χ4v) is 5.11. The second-order valence-electron chi connectivity index (χ2n) is 9.32. The predicted octanol–water partition coefficient (Wildman–Crippen LogP) is 5.95. The van der Waals surface area contributed by atoms with E-state index < -0.39 is 16.0 Å². The molecule has 0 fully saturated rings. The van der Waals surface area contributed by atoms with E-state index in [0.29, 0.717) is 18.6 Å². The van der Waals surface area contributed by atoms with Gasteiger partial charge in [0.15, 0.2) is 11.5 Å². The number of rotatable bonds is 11. The highest BCUT2D eigenvalue weighted by atomic mass is 32.2. The van der Waals surface area contributed by atoms with Crippen LogP contribution in [-0.4, -0.2) is 27.1 Å². The molecule has 4 aromatic carbocycles. The van der Waals surface area contributed by atoms with Gasteiger partial charge in [0, 0.05) is 0 Å². The lowest BCUT2D eigenvalue weighted by Crippen LogP contribution is -2.27. The molecule has 0 radical (unpaired) electrons. The number of carbonyl (C=O) groups is 1. The second kappa shape index (κ2) is 13.1. The summed E-state index contributed by atoms with van der Waals surface area (Å²) >= 11 is 0. The van der Waals surface area contributed by atoms with Gasteiger partial charge in [0.25, 0.3) is 0 Å². The topological polar surface area (TPSA) is 94.1 Å². The van der Waals surface area contributed by atoms with Gasteiger partial charge in [-0.25, -0.2) is 5.43 Å². The van der Waals surface area contributed by atoms with Gasteiger partial charge in [0.05, 0.1) is 18.7 Å². The number of hydrogen-bond acceptors (Lipinski definition) is 6. The number of nitrogens with one attached hydrogen (secondary N) is 1. The van der Waals surface area contributed by atoms with E-state index in [2.05, 4.69) is 10.5 Å². The van der Waals surface area contributed by atoms with Crippen molar-refractivity contribution in [2.45, 2.75) is 38.0 Å². The Balaban J connectivity index is 1.50. The van der Waals surface area contributed by atoms with E-state index in [4.69, 9.17) is 8.92 Å². The first-order chi connectivity index (χ1) is 19.3. The van der Waals surface area contributed by atoms with Crippen molar-refractivity contribution in [2.75, 3.05) is 6.61 Å². The Bertz CT molecular complexity index is 1580. The fourth-order valence-electron chi connectivity index (χ4n) is 4.17. The number of benzene rings is 4. The van der Waals surface area contributed by atoms with Gasteiger partial charge in [-0.1, -0.05) is 72.3 Å².